The Morgan fingerprint density at radius 3 is 2.40 bits per heavy atom. The van der Waals surface area contributed by atoms with Gasteiger partial charge in [0.1, 0.15) is 0 Å². The molecule has 3 rings (SSSR count). The SMILES string of the molecule is Cc1ccc(CNC(=O)c2ccc(=O)n(Cc3ccc(S(C)(=O)=O)cc3)c2)c(Cl)c1. The molecule has 8 heteroatoms. The molecule has 6 nitrogen and oxygen atoms in total. The molecule has 156 valence electrons. The summed E-state index contributed by atoms with van der Waals surface area (Å²) in [4.78, 5) is 24.9. The summed E-state index contributed by atoms with van der Waals surface area (Å²) in [7, 11) is -3.28. The van der Waals surface area contributed by atoms with Crippen molar-refractivity contribution in [3.63, 3.8) is 0 Å². The maximum absolute atomic E-state index is 12.5. The third-order valence-corrected chi connectivity index (χ3v) is 6.08. The van der Waals surface area contributed by atoms with Crippen molar-refractivity contribution in [2.24, 2.45) is 0 Å². The highest BCUT2D eigenvalue weighted by Gasteiger charge is 2.10. The van der Waals surface area contributed by atoms with E-state index in [9.17, 15) is 18.0 Å². The molecule has 1 amide bonds. The van der Waals surface area contributed by atoms with E-state index < -0.39 is 9.84 Å². The van der Waals surface area contributed by atoms with Crippen LogP contribution in [0.3, 0.4) is 0 Å². The minimum absolute atomic E-state index is 0.210. The zero-order valence-corrected chi connectivity index (χ0v) is 18.1. The summed E-state index contributed by atoms with van der Waals surface area (Å²) in [6, 6.07) is 14.7. The fourth-order valence-electron chi connectivity index (χ4n) is 2.90. The van der Waals surface area contributed by atoms with Crippen LogP contribution in [0.15, 0.2) is 70.5 Å². The van der Waals surface area contributed by atoms with E-state index >= 15 is 0 Å². The number of nitrogens with zero attached hydrogens (tertiary/aromatic N) is 1. The van der Waals surface area contributed by atoms with E-state index in [1.54, 1.807) is 12.1 Å². The van der Waals surface area contributed by atoms with Gasteiger partial charge in [0.05, 0.1) is 17.0 Å². The average Bonchev–Trinajstić information content (AvgIpc) is 2.68. The second-order valence-corrected chi connectivity index (χ2v) is 9.50. The Kier molecular flexibility index (Phi) is 6.43. The summed E-state index contributed by atoms with van der Waals surface area (Å²) >= 11 is 6.20. The van der Waals surface area contributed by atoms with Crippen molar-refractivity contribution in [1.82, 2.24) is 9.88 Å². The minimum Gasteiger partial charge on any atom is -0.348 e. The summed E-state index contributed by atoms with van der Waals surface area (Å²) in [6.45, 7) is 2.42. The van der Waals surface area contributed by atoms with Gasteiger partial charge in [0.25, 0.3) is 11.5 Å². The molecule has 0 bridgehead atoms. The van der Waals surface area contributed by atoms with Gasteiger partial charge >= 0.3 is 0 Å². The number of aromatic nitrogens is 1. The van der Waals surface area contributed by atoms with Gasteiger partial charge in [-0.15, -0.1) is 0 Å². The first-order valence-electron chi connectivity index (χ1n) is 9.16. The Balaban J connectivity index is 1.74. The van der Waals surface area contributed by atoms with Gasteiger partial charge in [-0.25, -0.2) is 8.42 Å². The van der Waals surface area contributed by atoms with Crippen LogP contribution >= 0.6 is 11.6 Å². The average molecular weight is 445 g/mol. The highest BCUT2D eigenvalue weighted by atomic mass is 35.5. The highest BCUT2D eigenvalue weighted by molar-refractivity contribution is 7.90. The van der Waals surface area contributed by atoms with Gasteiger partial charge in [-0.3, -0.25) is 9.59 Å². The van der Waals surface area contributed by atoms with Gasteiger partial charge in [0.2, 0.25) is 0 Å². The number of benzene rings is 2. The van der Waals surface area contributed by atoms with E-state index in [0.29, 0.717) is 10.6 Å². The lowest BCUT2D eigenvalue weighted by Crippen LogP contribution is -2.26. The summed E-state index contributed by atoms with van der Waals surface area (Å²) in [6.07, 6.45) is 2.62. The number of rotatable bonds is 6. The fourth-order valence-corrected chi connectivity index (χ4v) is 3.83. The van der Waals surface area contributed by atoms with Crippen LogP contribution in [-0.4, -0.2) is 25.1 Å². The normalized spacial score (nSPS) is 11.3. The van der Waals surface area contributed by atoms with Gasteiger partial charge in [-0.05, 0) is 47.9 Å². The summed E-state index contributed by atoms with van der Waals surface area (Å²) in [5, 5.41) is 3.39. The molecule has 1 aromatic heterocycles. The fraction of sp³-hybridized carbons (Fsp3) is 0.182. The van der Waals surface area contributed by atoms with E-state index in [1.165, 1.54) is 35.0 Å². The van der Waals surface area contributed by atoms with E-state index in [4.69, 9.17) is 11.6 Å². The number of nitrogens with one attached hydrogen (secondary N) is 1. The Hall–Kier alpha value is -2.90. The molecule has 0 saturated heterocycles. The Morgan fingerprint density at radius 1 is 1.07 bits per heavy atom. The molecule has 1 N–H and O–H groups in total. The van der Waals surface area contributed by atoms with Crippen molar-refractivity contribution < 1.29 is 13.2 Å². The molecule has 0 unspecified atom stereocenters. The van der Waals surface area contributed by atoms with Gasteiger partial charge in [0, 0.05) is 30.1 Å². The van der Waals surface area contributed by atoms with Gasteiger partial charge < -0.3 is 9.88 Å². The van der Waals surface area contributed by atoms with Crippen molar-refractivity contribution in [3.05, 3.63) is 98.4 Å². The van der Waals surface area contributed by atoms with E-state index in [1.807, 2.05) is 25.1 Å². The molecular weight excluding hydrogens is 424 g/mol. The number of halogens is 1. The van der Waals surface area contributed by atoms with Crippen LogP contribution in [-0.2, 0) is 22.9 Å². The van der Waals surface area contributed by atoms with Crippen molar-refractivity contribution >= 4 is 27.3 Å². The topological polar surface area (TPSA) is 85.2 Å². The van der Waals surface area contributed by atoms with Crippen LogP contribution < -0.4 is 10.9 Å². The smallest absolute Gasteiger partial charge is 0.253 e. The summed E-state index contributed by atoms with van der Waals surface area (Å²) in [5.41, 5.74) is 2.65. The molecule has 0 spiro atoms. The predicted molar refractivity (Wildman–Crippen MR) is 117 cm³/mol. The second kappa shape index (κ2) is 8.85. The third kappa shape index (κ3) is 5.37. The molecule has 0 aliphatic rings. The molecule has 3 aromatic rings. The number of carbonyl (C=O) groups is 1. The number of sulfone groups is 1. The first-order valence-corrected chi connectivity index (χ1v) is 11.4. The Bertz CT molecular complexity index is 1250. The first-order chi connectivity index (χ1) is 14.1. The molecule has 0 aliphatic carbocycles. The molecule has 0 atom stereocenters. The van der Waals surface area contributed by atoms with Crippen LogP contribution in [0, 0.1) is 6.92 Å². The monoisotopic (exact) mass is 444 g/mol. The number of pyridine rings is 1. The lowest BCUT2D eigenvalue weighted by Gasteiger charge is -2.10. The van der Waals surface area contributed by atoms with E-state index in [2.05, 4.69) is 5.32 Å². The number of carbonyl (C=O) groups excluding carboxylic acids is 1. The van der Waals surface area contributed by atoms with Crippen LogP contribution in [0.2, 0.25) is 5.02 Å². The van der Waals surface area contributed by atoms with E-state index in [-0.39, 0.29) is 29.5 Å². The lowest BCUT2D eigenvalue weighted by molar-refractivity contribution is 0.0950. The largest absolute Gasteiger partial charge is 0.348 e. The minimum atomic E-state index is -3.28. The van der Waals surface area contributed by atoms with Gasteiger partial charge in [-0.2, -0.15) is 0 Å². The molecule has 1 heterocycles. The summed E-state index contributed by atoms with van der Waals surface area (Å²) < 4.78 is 24.5. The Labute approximate surface area is 180 Å². The Morgan fingerprint density at radius 2 is 1.77 bits per heavy atom. The number of aryl methyl sites for hydroxylation is 1. The molecule has 0 radical (unpaired) electrons. The van der Waals surface area contributed by atoms with Crippen LogP contribution in [0.5, 0.6) is 0 Å². The van der Waals surface area contributed by atoms with Gasteiger partial charge in [-0.1, -0.05) is 35.9 Å². The van der Waals surface area contributed by atoms with Crippen molar-refractivity contribution in [2.75, 3.05) is 6.26 Å². The predicted octanol–water partition coefficient (Wildman–Crippen LogP) is 3.19. The third-order valence-electron chi connectivity index (χ3n) is 4.60. The zero-order valence-electron chi connectivity index (χ0n) is 16.6. The first kappa shape index (κ1) is 21.8. The molecular formula is C22H21ClN2O4S. The standard InChI is InChI=1S/C22H21ClN2O4S/c1-15-3-6-17(20(23)11-15)12-24-22(27)18-7-10-21(26)25(14-18)13-16-4-8-19(9-5-16)30(2,28)29/h3-11,14H,12-13H2,1-2H3,(H,24,27). The van der Waals surface area contributed by atoms with Crippen molar-refractivity contribution in [1.29, 1.82) is 0 Å². The lowest BCUT2D eigenvalue weighted by atomic mass is 10.1. The second-order valence-electron chi connectivity index (χ2n) is 7.08. The molecule has 0 fully saturated rings. The number of hydrogen-bond donors (Lipinski definition) is 1. The van der Waals surface area contributed by atoms with Crippen molar-refractivity contribution in [2.45, 2.75) is 24.9 Å². The summed E-state index contributed by atoms with van der Waals surface area (Å²) in [5.74, 6) is -0.326. The molecule has 0 saturated carbocycles. The highest BCUT2D eigenvalue weighted by Crippen LogP contribution is 2.17. The van der Waals surface area contributed by atoms with Crippen LogP contribution in [0.25, 0.3) is 0 Å². The molecule has 2 aromatic carbocycles. The quantitative estimate of drug-likeness (QED) is 0.632. The zero-order chi connectivity index (χ0) is 21.9. The number of amides is 1. The maximum atomic E-state index is 12.5. The molecule has 0 aliphatic heterocycles. The van der Waals surface area contributed by atoms with E-state index in [0.717, 1.165) is 22.9 Å². The van der Waals surface area contributed by atoms with Crippen LogP contribution in [0.4, 0.5) is 0 Å². The maximum Gasteiger partial charge on any atom is 0.253 e. The number of hydrogen-bond acceptors (Lipinski definition) is 4. The van der Waals surface area contributed by atoms with Crippen molar-refractivity contribution in [3.8, 4) is 0 Å². The van der Waals surface area contributed by atoms with Crippen LogP contribution in [0.1, 0.15) is 27.0 Å². The van der Waals surface area contributed by atoms with Gasteiger partial charge in [0.15, 0.2) is 9.84 Å². The molecule has 30 heavy (non-hydrogen) atoms.